The van der Waals surface area contributed by atoms with Crippen LogP contribution in [0.25, 0.3) is 0 Å². The molecule has 8 heteroatoms. The summed E-state index contributed by atoms with van der Waals surface area (Å²) >= 11 is 0. The molecule has 4 aliphatic rings. The monoisotopic (exact) mass is 542 g/mol. The Bertz CT molecular complexity index is 1010. The molecule has 39 heavy (non-hydrogen) atoms. The van der Waals surface area contributed by atoms with Crippen LogP contribution in [0.1, 0.15) is 73.8 Å². The fourth-order valence-corrected chi connectivity index (χ4v) is 6.55. The van der Waals surface area contributed by atoms with E-state index in [0.29, 0.717) is 11.8 Å². The molecule has 4 heterocycles. The Hall–Kier alpha value is -2.32. The first-order chi connectivity index (χ1) is 18.2. The van der Waals surface area contributed by atoms with Crippen molar-refractivity contribution >= 4 is 12.2 Å². The number of ether oxygens (including phenoxy) is 2. The predicted octanol–water partition coefficient (Wildman–Crippen LogP) is 5.12. The van der Waals surface area contributed by atoms with E-state index in [4.69, 9.17) is 9.47 Å². The first-order valence-corrected chi connectivity index (χ1v) is 14.6. The Kier molecular flexibility index (Phi) is 8.31. The Morgan fingerprint density at radius 1 is 0.872 bits per heavy atom. The van der Waals surface area contributed by atoms with Crippen LogP contribution in [-0.2, 0) is 16.0 Å². The second kappa shape index (κ2) is 10.9. The number of nitrogens with one attached hydrogen (secondary N) is 1. The van der Waals surface area contributed by atoms with Gasteiger partial charge in [-0.2, -0.15) is 0 Å². The second-order valence-electron chi connectivity index (χ2n) is 14.1. The molecule has 2 spiro atoms. The number of carbonyl (C=O) groups excluding carboxylic acids is 2. The van der Waals surface area contributed by atoms with Crippen LogP contribution in [0.5, 0.6) is 0 Å². The topological polar surface area (TPSA) is 74.4 Å². The van der Waals surface area contributed by atoms with Crippen LogP contribution < -0.4 is 5.32 Å². The molecule has 4 fully saturated rings. The number of benzene rings is 1. The van der Waals surface area contributed by atoms with Crippen molar-refractivity contribution < 1.29 is 19.1 Å². The molecule has 0 bridgehead atoms. The van der Waals surface area contributed by atoms with E-state index in [-0.39, 0.29) is 23.3 Å². The Morgan fingerprint density at radius 2 is 1.41 bits per heavy atom. The minimum Gasteiger partial charge on any atom is -0.444 e. The highest BCUT2D eigenvalue weighted by molar-refractivity contribution is 5.71. The van der Waals surface area contributed by atoms with Crippen LogP contribution in [0.2, 0.25) is 0 Å². The van der Waals surface area contributed by atoms with Crippen molar-refractivity contribution in [3.8, 4) is 0 Å². The molecule has 218 valence electrons. The molecule has 5 rings (SSSR count). The zero-order valence-corrected chi connectivity index (χ0v) is 25.4. The lowest BCUT2D eigenvalue weighted by atomic mass is 9.74. The summed E-state index contributed by atoms with van der Waals surface area (Å²) in [6, 6.07) is 10.6. The van der Waals surface area contributed by atoms with Crippen molar-refractivity contribution in [2.45, 2.75) is 97.1 Å². The van der Waals surface area contributed by atoms with Gasteiger partial charge in [-0.1, -0.05) is 44.2 Å². The summed E-state index contributed by atoms with van der Waals surface area (Å²) in [6.07, 6.45) is 1.78. The van der Waals surface area contributed by atoms with Crippen molar-refractivity contribution in [2.75, 3.05) is 39.3 Å². The van der Waals surface area contributed by atoms with E-state index in [0.717, 1.165) is 58.7 Å². The second-order valence-corrected chi connectivity index (χ2v) is 14.1. The van der Waals surface area contributed by atoms with Crippen molar-refractivity contribution in [2.24, 2.45) is 11.8 Å². The van der Waals surface area contributed by atoms with Gasteiger partial charge in [0.1, 0.15) is 11.2 Å². The van der Waals surface area contributed by atoms with Gasteiger partial charge in [-0.05, 0) is 78.3 Å². The van der Waals surface area contributed by atoms with Gasteiger partial charge in [0.05, 0.1) is 11.1 Å². The molecule has 8 nitrogen and oxygen atoms in total. The van der Waals surface area contributed by atoms with E-state index in [1.54, 1.807) is 0 Å². The van der Waals surface area contributed by atoms with Gasteiger partial charge in [0, 0.05) is 39.3 Å². The Morgan fingerprint density at radius 3 is 1.87 bits per heavy atom. The van der Waals surface area contributed by atoms with Crippen molar-refractivity contribution in [1.29, 1.82) is 0 Å². The third-order valence-corrected chi connectivity index (χ3v) is 8.82. The molecule has 4 unspecified atom stereocenters. The van der Waals surface area contributed by atoms with E-state index in [1.807, 2.05) is 57.4 Å². The molecule has 4 saturated heterocycles. The van der Waals surface area contributed by atoms with Crippen LogP contribution in [0.4, 0.5) is 9.59 Å². The third-order valence-electron chi connectivity index (χ3n) is 8.82. The summed E-state index contributed by atoms with van der Waals surface area (Å²) in [5, 5.41) is 3.34. The number of hydrogen-bond donors (Lipinski definition) is 1. The highest BCUT2D eigenvalue weighted by Gasteiger charge is 2.57. The summed E-state index contributed by atoms with van der Waals surface area (Å²) < 4.78 is 11.0. The zero-order chi connectivity index (χ0) is 28.6. The summed E-state index contributed by atoms with van der Waals surface area (Å²) in [4.78, 5) is 30.9. The van der Waals surface area contributed by atoms with Crippen molar-refractivity contribution in [3.05, 3.63) is 35.9 Å². The van der Waals surface area contributed by atoms with Crippen LogP contribution in [0.15, 0.2) is 30.3 Å². The molecular formula is C31H50N4O4. The summed E-state index contributed by atoms with van der Waals surface area (Å²) in [7, 11) is 0. The van der Waals surface area contributed by atoms with Gasteiger partial charge in [-0.3, -0.25) is 4.90 Å². The summed E-state index contributed by atoms with van der Waals surface area (Å²) in [5.41, 5.74) is 0.502. The number of carbonyl (C=O) groups is 2. The van der Waals surface area contributed by atoms with Crippen LogP contribution in [0, 0.1) is 11.8 Å². The molecule has 1 aromatic carbocycles. The third kappa shape index (κ3) is 6.37. The molecule has 0 aliphatic carbocycles. The van der Waals surface area contributed by atoms with E-state index >= 15 is 0 Å². The lowest BCUT2D eigenvalue weighted by Crippen LogP contribution is -2.69. The van der Waals surface area contributed by atoms with Gasteiger partial charge >= 0.3 is 12.2 Å². The molecule has 0 saturated carbocycles. The molecular weight excluding hydrogens is 492 g/mol. The van der Waals surface area contributed by atoms with Crippen LogP contribution in [0.3, 0.4) is 0 Å². The van der Waals surface area contributed by atoms with Gasteiger partial charge < -0.3 is 24.6 Å². The highest BCUT2D eigenvalue weighted by atomic mass is 16.6. The van der Waals surface area contributed by atoms with Crippen LogP contribution in [-0.4, -0.2) is 88.4 Å². The van der Waals surface area contributed by atoms with Crippen molar-refractivity contribution in [1.82, 2.24) is 20.0 Å². The first kappa shape index (κ1) is 29.7. The summed E-state index contributed by atoms with van der Waals surface area (Å²) in [5.74, 6) is 1.12. The molecule has 4 atom stereocenters. The van der Waals surface area contributed by atoms with E-state index in [9.17, 15) is 9.59 Å². The minimum absolute atomic E-state index is 0.0301. The number of amides is 2. The number of rotatable bonds is 2. The Labute approximate surface area is 235 Å². The highest BCUT2D eigenvalue weighted by Crippen LogP contribution is 2.45. The quantitative estimate of drug-likeness (QED) is 0.559. The van der Waals surface area contributed by atoms with Crippen LogP contribution >= 0.6 is 0 Å². The smallest absolute Gasteiger partial charge is 0.410 e. The average molecular weight is 543 g/mol. The van der Waals surface area contributed by atoms with E-state index in [2.05, 4.69) is 48.3 Å². The van der Waals surface area contributed by atoms with Gasteiger partial charge in [-0.25, -0.2) is 9.59 Å². The maximum Gasteiger partial charge on any atom is 0.410 e. The molecule has 1 N–H and O–H groups in total. The summed E-state index contributed by atoms with van der Waals surface area (Å²) in [6.45, 7) is 22.5. The lowest BCUT2D eigenvalue weighted by molar-refractivity contribution is -0.0751. The molecule has 4 aliphatic heterocycles. The average Bonchev–Trinajstić information content (AvgIpc) is 3.50. The molecule has 0 radical (unpaired) electrons. The van der Waals surface area contributed by atoms with Gasteiger partial charge in [-0.15, -0.1) is 0 Å². The van der Waals surface area contributed by atoms with Gasteiger partial charge in [0.15, 0.2) is 0 Å². The Balaban J connectivity index is 0.000000193. The fraction of sp³-hybridized carbons (Fsp3) is 0.742. The van der Waals surface area contributed by atoms with Crippen molar-refractivity contribution in [3.63, 3.8) is 0 Å². The molecule has 0 aromatic heterocycles. The predicted molar refractivity (Wildman–Crippen MR) is 153 cm³/mol. The maximum absolute atomic E-state index is 12.5. The van der Waals surface area contributed by atoms with E-state index < -0.39 is 11.2 Å². The van der Waals surface area contributed by atoms with Gasteiger partial charge in [0.2, 0.25) is 0 Å². The van der Waals surface area contributed by atoms with Gasteiger partial charge in [0.25, 0.3) is 0 Å². The largest absolute Gasteiger partial charge is 0.444 e. The lowest BCUT2D eigenvalue weighted by Gasteiger charge is -2.55. The van der Waals surface area contributed by atoms with E-state index in [1.165, 1.54) is 5.56 Å². The number of hydrogen-bond acceptors (Lipinski definition) is 6. The fourth-order valence-electron chi connectivity index (χ4n) is 6.55. The normalized spacial score (nSPS) is 30.5. The minimum atomic E-state index is -0.431. The first-order valence-electron chi connectivity index (χ1n) is 14.6. The maximum atomic E-state index is 12.5. The molecule has 2 amide bonds. The zero-order valence-electron chi connectivity index (χ0n) is 25.4. The SMILES string of the molecule is CC1CN(C(=O)OC(C)(C)C)C12CCN(Cc1ccccc1)C2.CC1CN(C(=O)OC(C)(C)C)C12CCNC2. The standard InChI is InChI=1S/C19H28N2O2.C12H22N2O2/c1-15-12-21(17(22)23-18(2,3)4)19(15)10-11-20(14-19)13-16-8-6-5-7-9-16;1-9-7-14(10(15)16-11(2,3)4)12(9)5-6-13-8-12/h5-9,15H,10-14H2,1-4H3;9,13H,5-8H2,1-4H3. The number of likely N-dealkylation sites (tertiary alicyclic amines) is 3. The molecule has 1 aromatic rings. The number of nitrogens with zero attached hydrogens (tertiary/aromatic N) is 3.